The van der Waals surface area contributed by atoms with E-state index in [4.69, 9.17) is 4.74 Å². The molecule has 21 heavy (non-hydrogen) atoms. The number of phenolic OH excluding ortho intramolecular Hbond substituents is 1. The number of methoxy groups -OCH3 is 1. The number of phenols is 1. The van der Waals surface area contributed by atoms with Crippen molar-refractivity contribution in [1.29, 1.82) is 0 Å². The third-order valence-corrected chi connectivity index (χ3v) is 3.70. The Morgan fingerprint density at radius 2 is 2.10 bits per heavy atom. The molecule has 1 aromatic heterocycles. The van der Waals surface area contributed by atoms with Crippen LogP contribution in [-0.2, 0) is 11.8 Å². The number of hydrogen-bond acceptors (Lipinski definition) is 6. The van der Waals surface area contributed by atoms with Crippen molar-refractivity contribution in [2.24, 2.45) is 0 Å². The first-order chi connectivity index (χ1) is 9.90. The summed E-state index contributed by atoms with van der Waals surface area (Å²) in [6.07, 6.45) is 0.821. The van der Waals surface area contributed by atoms with Gasteiger partial charge in [-0.05, 0) is 24.1 Å². The van der Waals surface area contributed by atoms with E-state index in [1.807, 2.05) is 12.1 Å². The molecular formula is C15H21N3O2S. The van der Waals surface area contributed by atoms with Gasteiger partial charge in [-0.15, -0.1) is 0 Å². The molecule has 0 aliphatic rings. The molecule has 0 spiro atoms. The van der Waals surface area contributed by atoms with Crippen LogP contribution in [0.15, 0.2) is 18.2 Å². The summed E-state index contributed by atoms with van der Waals surface area (Å²) in [7, 11) is 1.55. The van der Waals surface area contributed by atoms with Gasteiger partial charge in [-0.2, -0.15) is 4.37 Å². The average Bonchev–Trinajstić information content (AvgIpc) is 2.89. The van der Waals surface area contributed by atoms with Gasteiger partial charge in [-0.1, -0.05) is 26.8 Å². The predicted octanol–water partition coefficient (Wildman–Crippen LogP) is 3.20. The minimum absolute atomic E-state index is 0.0270. The van der Waals surface area contributed by atoms with E-state index in [0.29, 0.717) is 5.75 Å². The number of benzene rings is 1. The maximum atomic E-state index is 9.56. The molecule has 0 aliphatic carbocycles. The van der Waals surface area contributed by atoms with Crippen LogP contribution in [0.4, 0.5) is 5.13 Å². The fraction of sp³-hybridized carbons (Fsp3) is 0.467. The molecule has 0 atom stereocenters. The first-order valence-electron chi connectivity index (χ1n) is 6.84. The number of nitrogens with one attached hydrogen (secondary N) is 1. The van der Waals surface area contributed by atoms with Crippen molar-refractivity contribution in [3.63, 3.8) is 0 Å². The minimum atomic E-state index is -0.0270. The zero-order chi connectivity index (χ0) is 15.5. The Hall–Kier alpha value is -1.82. The summed E-state index contributed by atoms with van der Waals surface area (Å²) in [5, 5.41) is 13.7. The monoisotopic (exact) mass is 307 g/mol. The lowest BCUT2D eigenvalue weighted by Crippen LogP contribution is -2.13. The third kappa shape index (κ3) is 4.07. The molecule has 0 saturated carbocycles. The van der Waals surface area contributed by atoms with Crippen LogP contribution < -0.4 is 10.1 Å². The van der Waals surface area contributed by atoms with E-state index in [1.165, 1.54) is 11.5 Å². The van der Waals surface area contributed by atoms with E-state index in [-0.39, 0.29) is 11.2 Å². The van der Waals surface area contributed by atoms with Crippen LogP contribution in [0.3, 0.4) is 0 Å². The number of anilines is 1. The van der Waals surface area contributed by atoms with Gasteiger partial charge in [-0.25, -0.2) is 4.98 Å². The third-order valence-electron chi connectivity index (χ3n) is 3.03. The number of nitrogens with zero attached hydrogens (tertiary/aromatic N) is 2. The van der Waals surface area contributed by atoms with Crippen molar-refractivity contribution in [2.75, 3.05) is 19.0 Å². The molecule has 1 heterocycles. The van der Waals surface area contributed by atoms with Crippen molar-refractivity contribution in [1.82, 2.24) is 9.36 Å². The zero-order valence-electron chi connectivity index (χ0n) is 12.8. The van der Waals surface area contributed by atoms with Crippen molar-refractivity contribution in [2.45, 2.75) is 32.6 Å². The summed E-state index contributed by atoms with van der Waals surface area (Å²) >= 11 is 1.38. The number of aromatic nitrogens is 2. The highest BCUT2D eigenvalue weighted by molar-refractivity contribution is 7.09. The Balaban J connectivity index is 1.91. The number of ether oxygens (including phenoxy) is 1. The molecule has 0 unspecified atom stereocenters. The van der Waals surface area contributed by atoms with E-state index in [9.17, 15) is 5.11 Å². The molecule has 0 bridgehead atoms. The van der Waals surface area contributed by atoms with Crippen molar-refractivity contribution in [3.05, 3.63) is 29.6 Å². The second-order valence-corrected chi connectivity index (χ2v) is 6.61. The molecular weight excluding hydrogens is 286 g/mol. The molecule has 5 nitrogen and oxygen atoms in total. The van der Waals surface area contributed by atoms with Crippen LogP contribution in [0, 0.1) is 0 Å². The van der Waals surface area contributed by atoms with Gasteiger partial charge in [0.05, 0.1) is 7.11 Å². The topological polar surface area (TPSA) is 67.3 Å². The standard InChI is InChI=1S/C15H21N3O2S/c1-15(2,3)13-17-14(21-18-13)16-8-7-10-5-6-11(19)12(9-10)20-4/h5-6,9,19H,7-8H2,1-4H3,(H,16,17,18). The lowest BCUT2D eigenvalue weighted by atomic mass is 9.96. The van der Waals surface area contributed by atoms with Crippen LogP contribution in [0.2, 0.25) is 0 Å². The molecule has 6 heteroatoms. The average molecular weight is 307 g/mol. The lowest BCUT2D eigenvalue weighted by molar-refractivity contribution is 0.373. The number of hydrogen-bond donors (Lipinski definition) is 2. The smallest absolute Gasteiger partial charge is 0.202 e. The largest absolute Gasteiger partial charge is 0.504 e. The molecule has 0 saturated heterocycles. The molecule has 2 rings (SSSR count). The molecule has 0 aliphatic heterocycles. The first-order valence-corrected chi connectivity index (χ1v) is 7.61. The van der Waals surface area contributed by atoms with E-state index in [2.05, 4.69) is 35.4 Å². The predicted molar refractivity (Wildman–Crippen MR) is 85.5 cm³/mol. The zero-order valence-corrected chi connectivity index (χ0v) is 13.6. The first kappa shape index (κ1) is 15.6. The van der Waals surface area contributed by atoms with Gasteiger partial charge in [0.1, 0.15) is 5.82 Å². The summed E-state index contributed by atoms with van der Waals surface area (Å²) in [4.78, 5) is 4.49. The van der Waals surface area contributed by atoms with E-state index in [1.54, 1.807) is 13.2 Å². The molecule has 2 aromatic rings. The lowest BCUT2D eigenvalue weighted by Gasteiger charge is -2.12. The second-order valence-electron chi connectivity index (χ2n) is 5.86. The quantitative estimate of drug-likeness (QED) is 0.888. The van der Waals surface area contributed by atoms with Crippen molar-refractivity contribution >= 4 is 16.7 Å². The minimum Gasteiger partial charge on any atom is -0.504 e. The summed E-state index contributed by atoms with van der Waals surface area (Å²) in [5.41, 5.74) is 1.07. The fourth-order valence-electron chi connectivity index (χ4n) is 1.79. The van der Waals surface area contributed by atoms with Crippen LogP contribution in [-0.4, -0.2) is 28.1 Å². The Morgan fingerprint density at radius 1 is 1.33 bits per heavy atom. The maximum Gasteiger partial charge on any atom is 0.202 e. The second kappa shape index (κ2) is 6.30. The summed E-state index contributed by atoms with van der Waals surface area (Å²) in [5.74, 6) is 1.52. The molecule has 0 radical (unpaired) electrons. The molecule has 0 fully saturated rings. The van der Waals surface area contributed by atoms with Gasteiger partial charge in [0.2, 0.25) is 5.13 Å². The molecule has 114 valence electrons. The molecule has 0 amide bonds. The van der Waals surface area contributed by atoms with Crippen molar-refractivity contribution in [3.8, 4) is 11.5 Å². The Labute approximate surface area is 129 Å². The van der Waals surface area contributed by atoms with Gasteiger partial charge in [0.15, 0.2) is 11.5 Å². The van der Waals surface area contributed by atoms with Gasteiger partial charge >= 0.3 is 0 Å². The molecule has 2 N–H and O–H groups in total. The van der Waals surface area contributed by atoms with Crippen LogP contribution in [0.1, 0.15) is 32.2 Å². The number of rotatable bonds is 5. The highest BCUT2D eigenvalue weighted by Crippen LogP contribution is 2.26. The van der Waals surface area contributed by atoms with Gasteiger partial charge < -0.3 is 15.2 Å². The summed E-state index contributed by atoms with van der Waals surface area (Å²) < 4.78 is 9.47. The molecule has 1 aromatic carbocycles. The Bertz CT molecular complexity index is 605. The fourth-order valence-corrected chi connectivity index (χ4v) is 2.57. The van der Waals surface area contributed by atoms with Crippen molar-refractivity contribution < 1.29 is 9.84 Å². The van der Waals surface area contributed by atoms with Crippen LogP contribution in [0.25, 0.3) is 0 Å². The Kier molecular flexibility index (Phi) is 4.67. The maximum absolute atomic E-state index is 9.56. The van der Waals surface area contributed by atoms with Gasteiger partial charge in [0, 0.05) is 23.5 Å². The van der Waals surface area contributed by atoms with E-state index in [0.717, 1.165) is 29.5 Å². The Morgan fingerprint density at radius 3 is 2.71 bits per heavy atom. The van der Waals surface area contributed by atoms with Gasteiger partial charge in [0.25, 0.3) is 0 Å². The SMILES string of the molecule is COc1cc(CCNc2nc(C(C)(C)C)ns2)ccc1O. The van der Waals surface area contributed by atoms with Gasteiger partial charge in [-0.3, -0.25) is 0 Å². The summed E-state index contributed by atoms with van der Waals surface area (Å²) in [6, 6.07) is 5.38. The normalized spacial score (nSPS) is 11.4. The highest BCUT2D eigenvalue weighted by atomic mass is 32.1. The van der Waals surface area contributed by atoms with Crippen LogP contribution >= 0.6 is 11.5 Å². The van der Waals surface area contributed by atoms with Crippen LogP contribution in [0.5, 0.6) is 11.5 Å². The van der Waals surface area contributed by atoms with E-state index < -0.39 is 0 Å². The van der Waals surface area contributed by atoms with E-state index >= 15 is 0 Å². The summed E-state index contributed by atoms with van der Waals surface area (Å²) in [6.45, 7) is 7.05. The number of aromatic hydroxyl groups is 1. The highest BCUT2D eigenvalue weighted by Gasteiger charge is 2.19.